The van der Waals surface area contributed by atoms with Gasteiger partial charge in [0.15, 0.2) is 0 Å². The summed E-state index contributed by atoms with van der Waals surface area (Å²) in [5.41, 5.74) is 1.85. The van der Waals surface area contributed by atoms with Crippen LogP contribution in [0.1, 0.15) is 0 Å². The summed E-state index contributed by atoms with van der Waals surface area (Å²) in [5.74, 6) is 1.58. The highest BCUT2D eigenvalue weighted by atomic mass is 16.5. The van der Waals surface area contributed by atoms with E-state index in [1.54, 1.807) is 20.4 Å². The van der Waals surface area contributed by atoms with Crippen molar-refractivity contribution < 1.29 is 9.47 Å². The second-order valence-corrected chi connectivity index (χ2v) is 3.04. The Morgan fingerprint density at radius 1 is 1.13 bits per heavy atom. The van der Waals surface area contributed by atoms with Gasteiger partial charge in [-0.25, -0.2) is 0 Å². The third-order valence-electron chi connectivity index (χ3n) is 2.20. The van der Waals surface area contributed by atoms with Crippen molar-refractivity contribution in [2.24, 2.45) is 0 Å². The van der Waals surface area contributed by atoms with Gasteiger partial charge in [-0.2, -0.15) is 5.10 Å². The van der Waals surface area contributed by atoms with Crippen LogP contribution in [0.15, 0.2) is 30.5 Å². The van der Waals surface area contributed by atoms with Crippen LogP contribution in [0.25, 0.3) is 11.3 Å². The molecule has 78 valence electrons. The second kappa shape index (κ2) is 4.04. The summed E-state index contributed by atoms with van der Waals surface area (Å²) in [6, 6.07) is 7.53. The lowest BCUT2D eigenvalue weighted by atomic mass is 10.1. The van der Waals surface area contributed by atoms with Gasteiger partial charge in [-0.05, 0) is 24.3 Å². The molecule has 0 aliphatic heterocycles. The number of nitrogens with one attached hydrogen (secondary N) is 1. The maximum atomic E-state index is 5.27. The number of methoxy groups -OCH3 is 2. The minimum absolute atomic E-state index is 0.792. The molecule has 0 atom stereocenters. The molecule has 1 aromatic carbocycles. The van der Waals surface area contributed by atoms with Gasteiger partial charge < -0.3 is 9.47 Å². The molecular weight excluding hydrogens is 192 g/mol. The Morgan fingerprint density at radius 3 is 2.60 bits per heavy atom. The van der Waals surface area contributed by atoms with Crippen LogP contribution in [0.5, 0.6) is 11.5 Å². The monoisotopic (exact) mass is 204 g/mol. The summed E-state index contributed by atoms with van der Waals surface area (Å²) >= 11 is 0. The topological polar surface area (TPSA) is 47.1 Å². The third kappa shape index (κ3) is 1.79. The summed E-state index contributed by atoms with van der Waals surface area (Å²) in [5, 5.41) is 6.80. The molecule has 1 N–H and O–H groups in total. The van der Waals surface area contributed by atoms with E-state index < -0.39 is 0 Å². The Kier molecular flexibility index (Phi) is 2.58. The van der Waals surface area contributed by atoms with Crippen molar-refractivity contribution >= 4 is 0 Å². The molecule has 0 unspecified atom stereocenters. The van der Waals surface area contributed by atoms with Gasteiger partial charge in [0.1, 0.15) is 11.5 Å². The van der Waals surface area contributed by atoms with Crippen molar-refractivity contribution in [3.05, 3.63) is 30.5 Å². The van der Waals surface area contributed by atoms with Crippen molar-refractivity contribution in [1.29, 1.82) is 0 Å². The minimum atomic E-state index is 0.792. The van der Waals surface area contributed by atoms with E-state index in [1.165, 1.54) is 0 Å². The maximum absolute atomic E-state index is 5.27. The zero-order valence-electron chi connectivity index (χ0n) is 8.65. The van der Waals surface area contributed by atoms with Crippen molar-refractivity contribution in [3.63, 3.8) is 0 Å². The molecule has 0 aliphatic carbocycles. The number of rotatable bonds is 3. The first-order chi connectivity index (χ1) is 7.35. The zero-order valence-corrected chi connectivity index (χ0v) is 8.65. The SMILES string of the molecule is COc1ccc(OC)c(-c2ccn[nH]2)c1. The molecular formula is C11H12N2O2. The first kappa shape index (κ1) is 9.58. The normalized spacial score (nSPS) is 10.0. The molecule has 0 saturated heterocycles. The minimum Gasteiger partial charge on any atom is -0.497 e. The molecule has 15 heavy (non-hydrogen) atoms. The Bertz CT molecular complexity index is 438. The lowest BCUT2D eigenvalue weighted by molar-refractivity contribution is 0.404. The number of aromatic nitrogens is 2. The van der Waals surface area contributed by atoms with E-state index >= 15 is 0 Å². The largest absolute Gasteiger partial charge is 0.497 e. The first-order valence-corrected chi connectivity index (χ1v) is 4.57. The molecule has 2 rings (SSSR count). The Hall–Kier alpha value is -1.97. The summed E-state index contributed by atoms with van der Waals surface area (Å²) < 4.78 is 10.4. The predicted molar refractivity (Wildman–Crippen MR) is 57.1 cm³/mol. The van der Waals surface area contributed by atoms with E-state index in [0.29, 0.717) is 0 Å². The molecule has 0 amide bonds. The van der Waals surface area contributed by atoms with Crippen LogP contribution >= 0.6 is 0 Å². The highest BCUT2D eigenvalue weighted by Gasteiger charge is 2.08. The highest BCUT2D eigenvalue weighted by Crippen LogP contribution is 2.31. The highest BCUT2D eigenvalue weighted by molar-refractivity contribution is 5.68. The van der Waals surface area contributed by atoms with Crippen LogP contribution in [0.3, 0.4) is 0 Å². The lowest BCUT2D eigenvalue weighted by Gasteiger charge is -2.08. The van der Waals surface area contributed by atoms with Crippen molar-refractivity contribution in [3.8, 4) is 22.8 Å². The zero-order chi connectivity index (χ0) is 10.7. The van der Waals surface area contributed by atoms with Crippen LogP contribution in [-0.2, 0) is 0 Å². The van der Waals surface area contributed by atoms with Gasteiger partial charge in [-0.15, -0.1) is 0 Å². The molecule has 0 spiro atoms. The van der Waals surface area contributed by atoms with Crippen LogP contribution < -0.4 is 9.47 Å². The number of H-pyrrole nitrogens is 1. The van der Waals surface area contributed by atoms with Crippen molar-refractivity contribution in [2.45, 2.75) is 0 Å². The summed E-state index contributed by atoms with van der Waals surface area (Å²) in [4.78, 5) is 0. The quantitative estimate of drug-likeness (QED) is 0.832. The number of hydrogen-bond donors (Lipinski definition) is 1. The number of hydrogen-bond acceptors (Lipinski definition) is 3. The van der Waals surface area contributed by atoms with E-state index in [9.17, 15) is 0 Å². The lowest BCUT2D eigenvalue weighted by Crippen LogP contribution is -1.90. The maximum Gasteiger partial charge on any atom is 0.128 e. The van der Waals surface area contributed by atoms with Crippen LogP contribution in [0.4, 0.5) is 0 Å². The fourth-order valence-corrected chi connectivity index (χ4v) is 1.43. The molecule has 0 fully saturated rings. The number of nitrogens with zero attached hydrogens (tertiary/aromatic N) is 1. The van der Waals surface area contributed by atoms with E-state index in [0.717, 1.165) is 22.8 Å². The fourth-order valence-electron chi connectivity index (χ4n) is 1.43. The van der Waals surface area contributed by atoms with Gasteiger partial charge >= 0.3 is 0 Å². The average Bonchev–Trinajstić information content (AvgIpc) is 2.81. The van der Waals surface area contributed by atoms with E-state index in [1.807, 2.05) is 24.3 Å². The first-order valence-electron chi connectivity index (χ1n) is 4.57. The van der Waals surface area contributed by atoms with Gasteiger partial charge in [0.2, 0.25) is 0 Å². The second-order valence-electron chi connectivity index (χ2n) is 3.04. The molecule has 1 heterocycles. The number of benzene rings is 1. The van der Waals surface area contributed by atoms with Crippen molar-refractivity contribution in [1.82, 2.24) is 10.2 Å². The Labute approximate surface area is 87.8 Å². The van der Waals surface area contributed by atoms with Gasteiger partial charge in [-0.3, -0.25) is 5.10 Å². The smallest absolute Gasteiger partial charge is 0.128 e. The molecule has 0 saturated carbocycles. The molecule has 2 aromatic rings. The Morgan fingerprint density at radius 2 is 2.00 bits per heavy atom. The summed E-state index contributed by atoms with van der Waals surface area (Å²) in [6.45, 7) is 0. The van der Waals surface area contributed by atoms with Gasteiger partial charge in [0, 0.05) is 11.8 Å². The molecule has 0 bridgehead atoms. The van der Waals surface area contributed by atoms with Gasteiger partial charge in [0.25, 0.3) is 0 Å². The average molecular weight is 204 g/mol. The van der Waals surface area contributed by atoms with E-state index in [-0.39, 0.29) is 0 Å². The van der Waals surface area contributed by atoms with Crippen LogP contribution in [0, 0.1) is 0 Å². The summed E-state index contributed by atoms with van der Waals surface area (Å²) in [7, 11) is 3.28. The predicted octanol–water partition coefficient (Wildman–Crippen LogP) is 2.09. The molecule has 1 aromatic heterocycles. The van der Waals surface area contributed by atoms with Crippen LogP contribution in [0.2, 0.25) is 0 Å². The Balaban J connectivity index is 2.52. The van der Waals surface area contributed by atoms with E-state index in [2.05, 4.69) is 10.2 Å². The fraction of sp³-hybridized carbons (Fsp3) is 0.182. The van der Waals surface area contributed by atoms with Crippen LogP contribution in [-0.4, -0.2) is 24.4 Å². The third-order valence-corrected chi connectivity index (χ3v) is 2.20. The molecule has 0 radical (unpaired) electrons. The standard InChI is InChI=1S/C11H12N2O2/c1-14-8-3-4-11(15-2)9(7-8)10-5-6-12-13-10/h3-7H,1-2H3,(H,12,13). The number of ether oxygens (including phenoxy) is 2. The van der Waals surface area contributed by atoms with Gasteiger partial charge in [0.05, 0.1) is 19.9 Å². The molecule has 4 nitrogen and oxygen atoms in total. The molecule has 4 heteroatoms. The van der Waals surface area contributed by atoms with Crippen molar-refractivity contribution in [2.75, 3.05) is 14.2 Å². The summed E-state index contributed by atoms with van der Waals surface area (Å²) in [6.07, 6.45) is 1.70. The van der Waals surface area contributed by atoms with Gasteiger partial charge in [-0.1, -0.05) is 0 Å². The van der Waals surface area contributed by atoms with E-state index in [4.69, 9.17) is 9.47 Å². The molecule has 0 aliphatic rings. The number of aromatic amines is 1.